The number of hydrogen-bond donors (Lipinski definition) is 1. The normalized spacial score (nSPS) is 12.3. The molecule has 27 heavy (non-hydrogen) atoms. The molecule has 0 aliphatic carbocycles. The van der Waals surface area contributed by atoms with Gasteiger partial charge in [-0.2, -0.15) is 0 Å². The van der Waals surface area contributed by atoms with Crippen molar-refractivity contribution in [3.8, 4) is 5.75 Å². The van der Waals surface area contributed by atoms with Crippen molar-refractivity contribution in [2.24, 2.45) is 0 Å². The number of nitrogens with zero attached hydrogens (tertiary/aromatic N) is 1. The molecule has 3 rings (SSSR count). The zero-order valence-corrected chi connectivity index (χ0v) is 15.5. The third-order valence-corrected chi connectivity index (χ3v) is 4.30. The maximum Gasteiger partial charge on any atom is 0.138 e. The van der Waals surface area contributed by atoms with E-state index < -0.39 is 6.10 Å². The van der Waals surface area contributed by atoms with Crippen molar-refractivity contribution in [2.45, 2.75) is 19.2 Å². The van der Waals surface area contributed by atoms with Crippen LogP contribution in [0.4, 0.5) is 4.39 Å². The van der Waals surface area contributed by atoms with E-state index in [-0.39, 0.29) is 12.4 Å². The van der Waals surface area contributed by atoms with Gasteiger partial charge in [0.15, 0.2) is 0 Å². The summed E-state index contributed by atoms with van der Waals surface area (Å²) >= 11 is 6.07. The largest absolute Gasteiger partial charge is 0.489 e. The standard InChI is InChI=1S/C21H21ClFNO3/c22-20-8-1-2-9-21(20)27-15-18(25)13-24(14-19-7-4-10-26-19)12-16-5-3-6-17(23)11-16/h1-11,18,25H,12-15H2. The van der Waals surface area contributed by atoms with Gasteiger partial charge in [-0.3, -0.25) is 4.90 Å². The van der Waals surface area contributed by atoms with Gasteiger partial charge in [-0.25, -0.2) is 4.39 Å². The fraction of sp³-hybridized carbons (Fsp3) is 0.238. The molecule has 1 unspecified atom stereocenters. The Morgan fingerprint density at radius 2 is 1.93 bits per heavy atom. The van der Waals surface area contributed by atoms with Crippen LogP contribution in [0.2, 0.25) is 5.02 Å². The molecule has 142 valence electrons. The molecule has 1 aromatic heterocycles. The van der Waals surface area contributed by atoms with Crippen LogP contribution in [0.25, 0.3) is 0 Å². The van der Waals surface area contributed by atoms with Crippen LogP contribution in [-0.4, -0.2) is 29.3 Å². The highest BCUT2D eigenvalue weighted by Gasteiger charge is 2.16. The lowest BCUT2D eigenvalue weighted by Gasteiger charge is -2.24. The lowest BCUT2D eigenvalue weighted by atomic mass is 10.2. The summed E-state index contributed by atoms with van der Waals surface area (Å²) in [5, 5.41) is 10.9. The molecule has 1 heterocycles. The minimum Gasteiger partial charge on any atom is -0.489 e. The summed E-state index contributed by atoms with van der Waals surface area (Å²) in [5.41, 5.74) is 0.820. The van der Waals surface area contributed by atoms with Crippen LogP contribution < -0.4 is 4.74 Å². The Morgan fingerprint density at radius 3 is 2.67 bits per heavy atom. The highest BCUT2D eigenvalue weighted by atomic mass is 35.5. The fourth-order valence-electron chi connectivity index (χ4n) is 2.80. The van der Waals surface area contributed by atoms with Crippen molar-refractivity contribution in [3.63, 3.8) is 0 Å². The second-order valence-electron chi connectivity index (χ2n) is 6.27. The van der Waals surface area contributed by atoms with Gasteiger partial charge >= 0.3 is 0 Å². The van der Waals surface area contributed by atoms with Crippen LogP contribution in [0.1, 0.15) is 11.3 Å². The van der Waals surface area contributed by atoms with Crippen LogP contribution in [0.5, 0.6) is 5.75 Å². The predicted octanol–water partition coefficient (Wildman–Crippen LogP) is 4.51. The molecule has 0 aliphatic rings. The first kappa shape index (κ1) is 19.4. The van der Waals surface area contributed by atoms with Gasteiger partial charge in [0.25, 0.3) is 0 Å². The van der Waals surface area contributed by atoms with Crippen molar-refractivity contribution in [3.05, 3.63) is 89.1 Å². The first-order valence-electron chi connectivity index (χ1n) is 8.65. The van der Waals surface area contributed by atoms with Gasteiger partial charge in [0.2, 0.25) is 0 Å². The van der Waals surface area contributed by atoms with Crippen LogP contribution in [0.15, 0.2) is 71.3 Å². The number of hydrogen-bond acceptors (Lipinski definition) is 4. The summed E-state index contributed by atoms with van der Waals surface area (Å²) in [6.45, 7) is 1.40. The lowest BCUT2D eigenvalue weighted by molar-refractivity contribution is 0.0605. The summed E-state index contributed by atoms with van der Waals surface area (Å²) in [4.78, 5) is 1.98. The molecule has 4 nitrogen and oxygen atoms in total. The van der Waals surface area contributed by atoms with Crippen molar-refractivity contribution in [1.82, 2.24) is 4.90 Å². The quantitative estimate of drug-likeness (QED) is 0.584. The molecule has 1 atom stereocenters. The SMILES string of the molecule is OC(COc1ccccc1Cl)CN(Cc1cccc(F)c1)Cc1ccco1. The van der Waals surface area contributed by atoms with Crippen molar-refractivity contribution in [1.29, 1.82) is 0 Å². The van der Waals surface area contributed by atoms with E-state index in [0.717, 1.165) is 11.3 Å². The molecule has 0 amide bonds. The molecular formula is C21H21ClFNO3. The number of aliphatic hydroxyl groups is 1. The number of para-hydroxylation sites is 1. The number of aliphatic hydroxyl groups excluding tert-OH is 1. The van der Waals surface area contributed by atoms with Crippen LogP contribution >= 0.6 is 11.6 Å². The van der Waals surface area contributed by atoms with E-state index in [4.69, 9.17) is 20.8 Å². The summed E-state index contributed by atoms with van der Waals surface area (Å²) in [5.74, 6) is 1.01. The Balaban J connectivity index is 1.62. The average molecular weight is 390 g/mol. The number of halogens is 2. The topological polar surface area (TPSA) is 45.8 Å². The first-order chi connectivity index (χ1) is 13.1. The van der Waals surface area contributed by atoms with Gasteiger partial charge in [-0.15, -0.1) is 0 Å². The van der Waals surface area contributed by atoms with Gasteiger partial charge in [0.05, 0.1) is 17.8 Å². The zero-order valence-electron chi connectivity index (χ0n) is 14.7. The van der Waals surface area contributed by atoms with Crippen molar-refractivity contribution in [2.75, 3.05) is 13.2 Å². The molecule has 0 radical (unpaired) electrons. The molecular weight excluding hydrogens is 369 g/mol. The molecule has 0 aliphatic heterocycles. The van der Waals surface area contributed by atoms with E-state index in [9.17, 15) is 9.50 Å². The Labute approximate surface area is 162 Å². The Morgan fingerprint density at radius 1 is 1.07 bits per heavy atom. The summed E-state index contributed by atoms with van der Waals surface area (Å²) < 4.78 is 24.5. The summed E-state index contributed by atoms with van der Waals surface area (Å²) in [7, 11) is 0. The fourth-order valence-corrected chi connectivity index (χ4v) is 2.99. The maximum atomic E-state index is 13.5. The van der Waals surface area contributed by atoms with E-state index in [2.05, 4.69) is 0 Å². The van der Waals surface area contributed by atoms with Crippen LogP contribution in [0, 0.1) is 5.82 Å². The minimum atomic E-state index is -0.746. The molecule has 1 N–H and O–H groups in total. The molecule has 6 heteroatoms. The maximum absolute atomic E-state index is 13.5. The zero-order chi connectivity index (χ0) is 19.1. The van der Waals surface area contributed by atoms with Crippen LogP contribution in [0.3, 0.4) is 0 Å². The smallest absolute Gasteiger partial charge is 0.138 e. The Bertz CT molecular complexity index is 841. The highest BCUT2D eigenvalue weighted by Crippen LogP contribution is 2.23. The van der Waals surface area contributed by atoms with E-state index in [1.807, 2.05) is 35.2 Å². The lowest BCUT2D eigenvalue weighted by Crippen LogP contribution is -2.35. The van der Waals surface area contributed by atoms with E-state index in [1.165, 1.54) is 12.1 Å². The average Bonchev–Trinajstić information content (AvgIpc) is 3.14. The van der Waals surface area contributed by atoms with Crippen molar-refractivity contribution < 1.29 is 18.7 Å². The third kappa shape index (κ3) is 6.10. The molecule has 0 bridgehead atoms. The number of rotatable bonds is 9. The van der Waals surface area contributed by atoms with E-state index in [0.29, 0.717) is 30.4 Å². The second kappa shape index (κ2) is 9.55. The van der Waals surface area contributed by atoms with Gasteiger partial charge in [0.1, 0.15) is 30.0 Å². The molecule has 0 saturated carbocycles. The molecule has 0 fully saturated rings. The first-order valence-corrected chi connectivity index (χ1v) is 9.02. The number of benzene rings is 2. The summed E-state index contributed by atoms with van der Waals surface area (Å²) in [6.07, 6.45) is 0.858. The Hall–Kier alpha value is -2.34. The predicted molar refractivity (Wildman–Crippen MR) is 102 cm³/mol. The van der Waals surface area contributed by atoms with Crippen molar-refractivity contribution >= 4 is 11.6 Å². The molecule has 3 aromatic rings. The summed E-state index contributed by atoms with van der Waals surface area (Å²) in [6, 6.07) is 17.2. The molecule has 0 saturated heterocycles. The van der Waals surface area contributed by atoms with Gasteiger partial charge in [-0.05, 0) is 42.0 Å². The minimum absolute atomic E-state index is 0.0987. The van der Waals surface area contributed by atoms with E-state index in [1.54, 1.807) is 24.5 Å². The number of furan rings is 1. The van der Waals surface area contributed by atoms with Gasteiger partial charge in [-0.1, -0.05) is 35.9 Å². The molecule has 0 spiro atoms. The Kier molecular flexibility index (Phi) is 6.87. The highest BCUT2D eigenvalue weighted by molar-refractivity contribution is 6.32. The third-order valence-electron chi connectivity index (χ3n) is 3.99. The monoisotopic (exact) mass is 389 g/mol. The van der Waals surface area contributed by atoms with Crippen LogP contribution in [-0.2, 0) is 13.1 Å². The van der Waals surface area contributed by atoms with Gasteiger partial charge < -0.3 is 14.3 Å². The molecule has 2 aromatic carbocycles. The van der Waals surface area contributed by atoms with E-state index >= 15 is 0 Å². The van der Waals surface area contributed by atoms with Gasteiger partial charge in [0, 0.05) is 13.1 Å². The second-order valence-corrected chi connectivity index (χ2v) is 6.68. The number of ether oxygens (including phenoxy) is 1.